The van der Waals surface area contributed by atoms with E-state index in [1.807, 2.05) is 13.9 Å². The van der Waals surface area contributed by atoms with Gasteiger partial charge in [-0.05, 0) is 12.1 Å². The molecule has 1 atom stereocenters. The lowest BCUT2D eigenvalue weighted by Gasteiger charge is -1.87. The highest BCUT2D eigenvalue weighted by atomic mass is 31.0. The van der Waals surface area contributed by atoms with Crippen LogP contribution in [0.2, 0.25) is 0 Å². The van der Waals surface area contributed by atoms with Gasteiger partial charge in [0, 0.05) is 0 Å². The summed E-state index contributed by atoms with van der Waals surface area (Å²) >= 11 is 0. The predicted octanol–water partition coefficient (Wildman–Crippen LogP) is 0.142. The second kappa shape index (κ2) is 3.63. The Kier molecular flexibility index (Phi) is 3.49. The van der Waals surface area contributed by atoms with Gasteiger partial charge in [-0.2, -0.15) is 9.90 Å². The molecule has 3 heteroatoms. The first-order valence-electron chi connectivity index (χ1n) is 2.51. The molecule has 0 aliphatic heterocycles. The molecule has 9 heavy (non-hydrogen) atoms. The first kappa shape index (κ1) is 8.64. The van der Waals surface area contributed by atoms with Gasteiger partial charge in [-0.25, -0.2) is 4.39 Å². The third-order valence-corrected chi connectivity index (χ3v) is 0.980. The van der Waals surface area contributed by atoms with E-state index in [9.17, 15) is 4.39 Å². The van der Waals surface area contributed by atoms with Gasteiger partial charge in [0.15, 0.2) is 0 Å². The molecule has 1 unspecified atom stereocenters. The lowest BCUT2D eigenvalue weighted by atomic mass is 9.97. The summed E-state index contributed by atoms with van der Waals surface area (Å²) in [6.07, 6.45) is 0. The van der Waals surface area contributed by atoms with Crippen molar-refractivity contribution in [1.82, 2.24) is 0 Å². The summed E-state index contributed by atoms with van der Waals surface area (Å²) < 4.78 is 12.2. The lowest BCUT2D eigenvalue weighted by molar-refractivity contribution is 0.629. The maximum absolute atomic E-state index is 12.2. The van der Waals surface area contributed by atoms with E-state index in [2.05, 4.69) is 0 Å². The zero-order valence-corrected chi connectivity index (χ0v) is 6.81. The fourth-order valence-corrected chi connectivity index (χ4v) is 0.606. The van der Waals surface area contributed by atoms with Crippen LogP contribution in [0.15, 0.2) is 24.3 Å². The Morgan fingerprint density at radius 2 is 2.00 bits per heavy atom. The lowest BCUT2D eigenvalue weighted by Crippen LogP contribution is -2.00. The van der Waals surface area contributed by atoms with Gasteiger partial charge >= 0.3 is 0 Å². The van der Waals surface area contributed by atoms with Crippen LogP contribution in [0, 0.1) is 5.82 Å². The summed E-state index contributed by atoms with van der Waals surface area (Å²) in [4.78, 5) is 0. The summed E-state index contributed by atoms with van der Waals surface area (Å²) in [6.45, 7) is 0. The molecule has 0 radical (unpaired) electrons. The first-order valence-corrected chi connectivity index (χ1v) is 2.51. The number of rotatable bonds is 0. The Balaban J connectivity index is 0.000000640. The van der Waals surface area contributed by atoms with E-state index in [0.717, 1.165) is 5.46 Å². The van der Waals surface area contributed by atoms with Crippen molar-refractivity contribution in [3.8, 4) is 0 Å². The molecule has 0 bridgehead atoms. The molecule has 0 heterocycles. The van der Waals surface area contributed by atoms with Gasteiger partial charge in [-0.1, -0.05) is 17.6 Å². The molecule has 0 aromatic heterocycles. The van der Waals surface area contributed by atoms with Crippen molar-refractivity contribution in [2.75, 3.05) is 0 Å². The standard InChI is InChI=1S/C6H6BF.H3P/c7-5-2-1-3-6(8)4-5;/h1-4H,7H2;1H3. The minimum Gasteiger partial charge on any atom is -0.207 e. The van der Waals surface area contributed by atoms with Crippen LogP contribution in [0.4, 0.5) is 4.39 Å². The number of halogens is 1. The monoisotopic (exact) mass is 142 g/mol. The molecule has 0 fully saturated rings. The Morgan fingerprint density at radius 3 is 2.33 bits per heavy atom. The Morgan fingerprint density at radius 1 is 1.33 bits per heavy atom. The Labute approximate surface area is 58.5 Å². The van der Waals surface area contributed by atoms with Gasteiger partial charge in [0.25, 0.3) is 0 Å². The van der Waals surface area contributed by atoms with Gasteiger partial charge in [0.1, 0.15) is 13.7 Å². The quantitative estimate of drug-likeness (QED) is 0.357. The van der Waals surface area contributed by atoms with Crippen LogP contribution >= 0.6 is 9.90 Å². The van der Waals surface area contributed by atoms with E-state index in [1.54, 1.807) is 6.07 Å². The summed E-state index contributed by atoms with van der Waals surface area (Å²) in [5, 5.41) is 0. The minimum atomic E-state index is -0.162. The number of hydrogen-bond donors (Lipinski definition) is 0. The fraction of sp³-hybridized carbons (Fsp3) is 0. The molecule has 0 amide bonds. The number of hydrogen-bond acceptors (Lipinski definition) is 0. The second-order valence-electron chi connectivity index (χ2n) is 1.80. The SMILES string of the molecule is Bc1cccc(F)c1.P. The zero-order chi connectivity index (χ0) is 5.98. The number of benzene rings is 1. The van der Waals surface area contributed by atoms with Crippen LogP contribution < -0.4 is 5.46 Å². The van der Waals surface area contributed by atoms with E-state index in [-0.39, 0.29) is 15.7 Å². The molecule has 0 aliphatic rings. The normalized spacial score (nSPS) is 8.11. The van der Waals surface area contributed by atoms with Crippen molar-refractivity contribution < 1.29 is 4.39 Å². The van der Waals surface area contributed by atoms with E-state index in [4.69, 9.17) is 0 Å². The fourth-order valence-electron chi connectivity index (χ4n) is 0.606. The maximum atomic E-state index is 12.2. The second-order valence-corrected chi connectivity index (χ2v) is 1.80. The summed E-state index contributed by atoms with van der Waals surface area (Å²) in [6, 6.07) is 6.50. The van der Waals surface area contributed by atoms with Crippen LogP contribution in [0.1, 0.15) is 0 Å². The molecule has 1 aromatic rings. The average molecular weight is 142 g/mol. The molecular formula is C6H9BFP. The Hall–Kier alpha value is -0.355. The first-order chi connectivity index (χ1) is 3.79. The van der Waals surface area contributed by atoms with Gasteiger partial charge in [0.05, 0.1) is 0 Å². The topological polar surface area (TPSA) is 0 Å². The molecule has 0 aliphatic carbocycles. The molecule has 48 valence electrons. The molecule has 1 aromatic carbocycles. The molecule has 0 saturated heterocycles. The van der Waals surface area contributed by atoms with Gasteiger partial charge < -0.3 is 0 Å². The Bertz CT molecular complexity index is 173. The van der Waals surface area contributed by atoms with Crippen molar-refractivity contribution in [1.29, 1.82) is 0 Å². The molecular weight excluding hydrogens is 133 g/mol. The smallest absolute Gasteiger partial charge is 0.139 e. The van der Waals surface area contributed by atoms with Crippen molar-refractivity contribution >= 4 is 23.2 Å². The molecule has 0 N–H and O–H groups in total. The summed E-state index contributed by atoms with van der Waals surface area (Å²) in [5.41, 5.74) is 0.963. The van der Waals surface area contributed by atoms with Crippen LogP contribution in [-0.2, 0) is 0 Å². The van der Waals surface area contributed by atoms with E-state index in [0.29, 0.717) is 0 Å². The van der Waals surface area contributed by atoms with E-state index >= 15 is 0 Å². The molecule has 0 nitrogen and oxygen atoms in total. The predicted molar refractivity (Wildman–Crippen MR) is 45.7 cm³/mol. The van der Waals surface area contributed by atoms with Crippen LogP contribution in [-0.4, -0.2) is 7.85 Å². The van der Waals surface area contributed by atoms with E-state index < -0.39 is 0 Å². The van der Waals surface area contributed by atoms with Crippen molar-refractivity contribution in [3.05, 3.63) is 30.1 Å². The van der Waals surface area contributed by atoms with Gasteiger partial charge in [-0.15, -0.1) is 0 Å². The van der Waals surface area contributed by atoms with Crippen LogP contribution in [0.5, 0.6) is 0 Å². The minimum absolute atomic E-state index is 0. The van der Waals surface area contributed by atoms with Crippen molar-refractivity contribution in [2.24, 2.45) is 0 Å². The summed E-state index contributed by atoms with van der Waals surface area (Å²) in [5.74, 6) is -0.162. The maximum Gasteiger partial charge on any atom is 0.139 e. The van der Waals surface area contributed by atoms with Crippen molar-refractivity contribution in [3.63, 3.8) is 0 Å². The highest BCUT2D eigenvalue weighted by Gasteiger charge is 1.84. The highest BCUT2D eigenvalue weighted by molar-refractivity contribution is 6.92. The third-order valence-electron chi connectivity index (χ3n) is 0.980. The summed E-state index contributed by atoms with van der Waals surface area (Å²) in [7, 11) is 1.86. The zero-order valence-electron chi connectivity index (χ0n) is 5.39. The molecule has 1 rings (SSSR count). The van der Waals surface area contributed by atoms with Crippen LogP contribution in [0.3, 0.4) is 0 Å². The largest absolute Gasteiger partial charge is 0.207 e. The van der Waals surface area contributed by atoms with Gasteiger partial charge in [0.2, 0.25) is 0 Å². The van der Waals surface area contributed by atoms with E-state index in [1.165, 1.54) is 12.1 Å². The van der Waals surface area contributed by atoms with Gasteiger partial charge in [-0.3, -0.25) is 0 Å². The molecule has 0 spiro atoms. The molecule has 0 saturated carbocycles. The van der Waals surface area contributed by atoms with Crippen LogP contribution in [0.25, 0.3) is 0 Å². The van der Waals surface area contributed by atoms with Crippen molar-refractivity contribution in [2.45, 2.75) is 0 Å². The third kappa shape index (κ3) is 2.62. The highest BCUT2D eigenvalue weighted by Crippen LogP contribution is 1.89. The average Bonchev–Trinajstić information content (AvgIpc) is 1.64.